The van der Waals surface area contributed by atoms with Crippen molar-refractivity contribution in [3.8, 4) is 11.8 Å². The van der Waals surface area contributed by atoms with E-state index >= 15 is 0 Å². The minimum absolute atomic E-state index is 0.669. The third-order valence-corrected chi connectivity index (χ3v) is 4.26. The SMILES string of the molecule is CC#CCCCCCC(C)(C(=O)O)c1cccc(I)c1. The molecule has 0 bridgehead atoms. The molecule has 2 nitrogen and oxygen atoms in total. The number of hydrogen-bond donors (Lipinski definition) is 1. The van der Waals surface area contributed by atoms with Crippen LogP contribution in [0.15, 0.2) is 24.3 Å². The van der Waals surface area contributed by atoms with Crippen LogP contribution in [-0.4, -0.2) is 11.1 Å². The lowest BCUT2D eigenvalue weighted by atomic mass is 9.78. The Morgan fingerprint density at radius 2 is 2.10 bits per heavy atom. The zero-order chi connectivity index (χ0) is 15.0. The lowest BCUT2D eigenvalue weighted by Crippen LogP contribution is -2.32. The van der Waals surface area contributed by atoms with Crippen LogP contribution >= 0.6 is 22.6 Å². The van der Waals surface area contributed by atoms with Crippen molar-refractivity contribution in [2.75, 3.05) is 0 Å². The van der Waals surface area contributed by atoms with E-state index in [9.17, 15) is 9.90 Å². The normalized spacial score (nSPS) is 13.2. The van der Waals surface area contributed by atoms with Crippen LogP contribution < -0.4 is 0 Å². The second kappa shape index (κ2) is 8.31. The van der Waals surface area contributed by atoms with E-state index in [0.29, 0.717) is 6.42 Å². The molecule has 1 aromatic rings. The lowest BCUT2D eigenvalue weighted by molar-refractivity contribution is -0.143. The first kappa shape index (κ1) is 17.0. The number of aliphatic carboxylic acids is 1. The van der Waals surface area contributed by atoms with E-state index in [0.717, 1.165) is 34.8 Å². The summed E-state index contributed by atoms with van der Waals surface area (Å²) in [6.45, 7) is 3.67. The lowest BCUT2D eigenvalue weighted by Gasteiger charge is -2.25. The van der Waals surface area contributed by atoms with E-state index < -0.39 is 11.4 Å². The summed E-state index contributed by atoms with van der Waals surface area (Å²) in [6.07, 6.45) is 4.56. The van der Waals surface area contributed by atoms with Crippen LogP contribution in [0.25, 0.3) is 0 Å². The van der Waals surface area contributed by atoms with E-state index in [4.69, 9.17) is 0 Å². The molecular weight excluding hydrogens is 363 g/mol. The highest BCUT2D eigenvalue weighted by atomic mass is 127. The molecule has 0 heterocycles. The van der Waals surface area contributed by atoms with Gasteiger partial charge in [-0.3, -0.25) is 4.79 Å². The van der Waals surface area contributed by atoms with E-state index in [2.05, 4.69) is 34.4 Å². The average molecular weight is 384 g/mol. The maximum Gasteiger partial charge on any atom is 0.313 e. The van der Waals surface area contributed by atoms with Gasteiger partial charge in [0.2, 0.25) is 0 Å². The highest BCUT2D eigenvalue weighted by molar-refractivity contribution is 14.1. The quantitative estimate of drug-likeness (QED) is 0.424. The standard InChI is InChI=1S/C17H21IO2/c1-3-4-5-6-7-8-12-17(2,16(19)20)14-10-9-11-15(18)13-14/h9-11,13H,5-8,12H2,1-2H3,(H,19,20). The van der Waals surface area contributed by atoms with Crippen molar-refractivity contribution in [2.24, 2.45) is 0 Å². The van der Waals surface area contributed by atoms with Crippen molar-refractivity contribution < 1.29 is 9.90 Å². The van der Waals surface area contributed by atoms with E-state index in [1.54, 1.807) is 0 Å². The van der Waals surface area contributed by atoms with Gasteiger partial charge in [0, 0.05) is 9.99 Å². The third-order valence-electron chi connectivity index (χ3n) is 3.59. The minimum Gasteiger partial charge on any atom is -0.481 e. The highest BCUT2D eigenvalue weighted by Crippen LogP contribution is 2.31. The van der Waals surface area contributed by atoms with Gasteiger partial charge in [0.05, 0.1) is 5.41 Å². The van der Waals surface area contributed by atoms with E-state index in [1.807, 2.05) is 38.1 Å². The summed E-state index contributed by atoms with van der Waals surface area (Å²) < 4.78 is 1.07. The van der Waals surface area contributed by atoms with Crippen molar-refractivity contribution in [3.63, 3.8) is 0 Å². The largest absolute Gasteiger partial charge is 0.481 e. The average Bonchev–Trinajstić information content (AvgIpc) is 2.42. The summed E-state index contributed by atoms with van der Waals surface area (Å²) in [4.78, 5) is 11.7. The molecule has 1 aromatic carbocycles. The van der Waals surface area contributed by atoms with Gasteiger partial charge in [-0.05, 0) is 67.0 Å². The molecule has 0 radical (unpaired) electrons. The van der Waals surface area contributed by atoms with Gasteiger partial charge in [-0.2, -0.15) is 0 Å². The van der Waals surface area contributed by atoms with E-state index in [1.165, 1.54) is 0 Å². The predicted molar refractivity (Wildman–Crippen MR) is 90.7 cm³/mol. The second-order valence-electron chi connectivity index (χ2n) is 5.14. The smallest absolute Gasteiger partial charge is 0.313 e. The molecule has 0 amide bonds. The van der Waals surface area contributed by atoms with Gasteiger partial charge < -0.3 is 5.11 Å². The van der Waals surface area contributed by atoms with Crippen molar-refractivity contribution in [1.29, 1.82) is 0 Å². The predicted octanol–water partition coefficient (Wildman–Crippen LogP) is 4.61. The second-order valence-corrected chi connectivity index (χ2v) is 6.38. The molecule has 1 unspecified atom stereocenters. The Morgan fingerprint density at radius 3 is 2.70 bits per heavy atom. The molecule has 108 valence electrons. The molecule has 1 rings (SSSR count). The van der Waals surface area contributed by atoms with Crippen molar-refractivity contribution in [2.45, 2.75) is 51.4 Å². The molecular formula is C17H21IO2. The maximum atomic E-state index is 11.7. The molecule has 0 fully saturated rings. The fourth-order valence-electron chi connectivity index (χ4n) is 2.20. The summed E-state index contributed by atoms with van der Waals surface area (Å²) in [5, 5.41) is 9.59. The first-order valence-corrected chi connectivity index (χ1v) is 7.97. The fraction of sp³-hybridized carbons (Fsp3) is 0.471. The van der Waals surface area contributed by atoms with Crippen LogP contribution in [0.2, 0.25) is 0 Å². The molecule has 0 aliphatic carbocycles. The van der Waals surface area contributed by atoms with E-state index in [-0.39, 0.29) is 0 Å². The number of carboxylic acids is 1. The maximum absolute atomic E-state index is 11.7. The zero-order valence-corrected chi connectivity index (χ0v) is 14.2. The van der Waals surface area contributed by atoms with Gasteiger partial charge in [-0.15, -0.1) is 11.8 Å². The molecule has 1 atom stereocenters. The Bertz CT molecular complexity index is 513. The molecule has 0 aliphatic heterocycles. The fourth-order valence-corrected chi connectivity index (χ4v) is 2.74. The molecule has 0 saturated carbocycles. The van der Waals surface area contributed by atoms with Gasteiger partial charge >= 0.3 is 5.97 Å². The summed E-state index contributed by atoms with van der Waals surface area (Å²) in [7, 11) is 0. The number of carbonyl (C=O) groups is 1. The van der Waals surface area contributed by atoms with Gasteiger partial charge in [-0.1, -0.05) is 25.0 Å². The van der Waals surface area contributed by atoms with Gasteiger partial charge in [0.1, 0.15) is 0 Å². The number of halogens is 1. The summed E-state index contributed by atoms with van der Waals surface area (Å²) >= 11 is 2.22. The van der Waals surface area contributed by atoms with Gasteiger partial charge in [-0.25, -0.2) is 0 Å². The summed E-state index contributed by atoms with van der Waals surface area (Å²) in [6, 6.07) is 7.79. The van der Waals surface area contributed by atoms with Crippen LogP contribution in [0.1, 0.15) is 51.5 Å². The Kier molecular flexibility index (Phi) is 7.08. The number of unbranched alkanes of at least 4 members (excludes halogenated alkanes) is 3. The molecule has 3 heteroatoms. The first-order chi connectivity index (χ1) is 9.50. The molecule has 0 saturated heterocycles. The number of rotatable bonds is 7. The minimum atomic E-state index is -0.794. The summed E-state index contributed by atoms with van der Waals surface area (Å²) in [5.74, 6) is 5.18. The zero-order valence-electron chi connectivity index (χ0n) is 12.1. The van der Waals surface area contributed by atoms with Crippen molar-refractivity contribution in [3.05, 3.63) is 33.4 Å². The van der Waals surface area contributed by atoms with Gasteiger partial charge in [0.15, 0.2) is 0 Å². The molecule has 0 spiro atoms. The van der Waals surface area contributed by atoms with Crippen LogP contribution in [0.3, 0.4) is 0 Å². The molecule has 20 heavy (non-hydrogen) atoms. The summed E-state index contributed by atoms with van der Waals surface area (Å²) in [5.41, 5.74) is 0.0997. The Labute approximate surface area is 135 Å². The van der Waals surface area contributed by atoms with Crippen molar-refractivity contribution >= 4 is 28.6 Å². The number of benzene rings is 1. The molecule has 0 aromatic heterocycles. The molecule has 0 aliphatic rings. The van der Waals surface area contributed by atoms with Crippen molar-refractivity contribution in [1.82, 2.24) is 0 Å². The van der Waals surface area contributed by atoms with Crippen LogP contribution in [-0.2, 0) is 10.2 Å². The van der Waals surface area contributed by atoms with Crippen LogP contribution in [0.5, 0.6) is 0 Å². The Morgan fingerprint density at radius 1 is 1.35 bits per heavy atom. The van der Waals surface area contributed by atoms with Gasteiger partial charge in [0.25, 0.3) is 0 Å². The Balaban J connectivity index is 2.67. The first-order valence-electron chi connectivity index (χ1n) is 6.90. The monoisotopic (exact) mass is 384 g/mol. The number of carboxylic acid groups (broad SMARTS) is 1. The highest BCUT2D eigenvalue weighted by Gasteiger charge is 2.34. The molecule has 1 N–H and O–H groups in total. The third kappa shape index (κ3) is 4.82. The Hall–Kier alpha value is -1.02. The number of hydrogen-bond acceptors (Lipinski definition) is 1. The van der Waals surface area contributed by atoms with Crippen LogP contribution in [0.4, 0.5) is 0 Å². The topological polar surface area (TPSA) is 37.3 Å². The van der Waals surface area contributed by atoms with Crippen LogP contribution in [0, 0.1) is 15.4 Å².